The summed E-state index contributed by atoms with van der Waals surface area (Å²) in [4.78, 5) is 4.86. The number of ether oxygens (including phenoxy) is 3. The zero-order valence-corrected chi connectivity index (χ0v) is 19.6. The number of nitrogens with two attached hydrogens (primary N) is 1. The summed E-state index contributed by atoms with van der Waals surface area (Å²) < 4.78 is 29.7. The minimum Gasteiger partial charge on any atom is -0.494 e. The minimum absolute atomic E-state index is 0.0544. The van der Waals surface area contributed by atoms with Crippen molar-refractivity contribution in [2.24, 2.45) is 5.73 Å². The summed E-state index contributed by atoms with van der Waals surface area (Å²) in [6.45, 7) is 3.71. The molecule has 1 unspecified atom stereocenters. The Morgan fingerprint density at radius 3 is 2.44 bits per heavy atom. The Bertz CT molecular complexity index is 891. The van der Waals surface area contributed by atoms with E-state index in [-0.39, 0.29) is 11.3 Å². The molecule has 0 spiro atoms. The number of thioether (sulfide) groups is 1. The summed E-state index contributed by atoms with van der Waals surface area (Å²) >= 11 is 1.77. The second-order valence-electron chi connectivity index (χ2n) is 8.17. The molecule has 1 fully saturated rings. The van der Waals surface area contributed by atoms with Gasteiger partial charge in [-0.05, 0) is 55.2 Å². The van der Waals surface area contributed by atoms with E-state index in [0.717, 1.165) is 56.1 Å². The SMILES string of the molecule is COc1cc2c(cc1OC)N(C1CCN(CCCOc3ccc(F)cc3)CC1)C(N)SC2. The predicted octanol–water partition coefficient (Wildman–Crippen LogP) is 4.07. The summed E-state index contributed by atoms with van der Waals surface area (Å²) in [5.41, 5.74) is 8.90. The largest absolute Gasteiger partial charge is 0.494 e. The van der Waals surface area contributed by atoms with Gasteiger partial charge in [0.1, 0.15) is 17.1 Å². The van der Waals surface area contributed by atoms with Crippen LogP contribution in [0.2, 0.25) is 0 Å². The average Bonchev–Trinajstić information content (AvgIpc) is 2.82. The van der Waals surface area contributed by atoms with E-state index in [1.165, 1.54) is 23.4 Å². The topological polar surface area (TPSA) is 60.2 Å². The van der Waals surface area contributed by atoms with Crippen molar-refractivity contribution in [2.75, 3.05) is 45.4 Å². The first kappa shape index (κ1) is 23.0. The van der Waals surface area contributed by atoms with Crippen molar-refractivity contribution >= 4 is 17.4 Å². The summed E-state index contributed by atoms with van der Waals surface area (Å²) in [5.74, 6) is 2.86. The lowest BCUT2D eigenvalue weighted by Crippen LogP contribution is -2.53. The van der Waals surface area contributed by atoms with Crippen molar-refractivity contribution in [1.82, 2.24) is 4.90 Å². The van der Waals surface area contributed by atoms with Crippen molar-refractivity contribution in [1.29, 1.82) is 0 Å². The van der Waals surface area contributed by atoms with Gasteiger partial charge in [0.25, 0.3) is 0 Å². The van der Waals surface area contributed by atoms with Crippen molar-refractivity contribution < 1.29 is 18.6 Å². The zero-order chi connectivity index (χ0) is 22.5. The third kappa shape index (κ3) is 5.24. The molecule has 2 N–H and O–H groups in total. The lowest BCUT2D eigenvalue weighted by atomic mass is 10.0. The molecule has 4 rings (SSSR count). The fourth-order valence-corrected chi connectivity index (χ4v) is 5.52. The van der Waals surface area contributed by atoms with Crippen molar-refractivity contribution in [3.05, 3.63) is 47.8 Å². The molecule has 0 amide bonds. The van der Waals surface area contributed by atoms with Gasteiger partial charge in [0.2, 0.25) is 0 Å². The molecule has 1 atom stereocenters. The van der Waals surface area contributed by atoms with Crippen LogP contribution in [0.4, 0.5) is 10.1 Å². The van der Waals surface area contributed by atoms with Crippen LogP contribution < -0.4 is 24.8 Å². The summed E-state index contributed by atoms with van der Waals surface area (Å²) in [5, 5.41) is 0. The Labute approximate surface area is 193 Å². The maximum atomic E-state index is 13.0. The average molecular weight is 462 g/mol. The van der Waals surface area contributed by atoms with Crippen LogP contribution in [-0.2, 0) is 5.75 Å². The third-order valence-electron chi connectivity index (χ3n) is 6.20. The Hall–Kier alpha value is -2.16. The number of piperidine rings is 1. The number of fused-ring (bicyclic) bond motifs is 1. The quantitative estimate of drug-likeness (QED) is 0.595. The van der Waals surface area contributed by atoms with Crippen molar-refractivity contribution in [3.63, 3.8) is 0 Å². The predicted molar refractivity (Wildman–Crippen MR) is 127 cm³/mol. The number of rotatable bonds is 8. The van der Waals surface area contributed by atoms with Gasteiger partial charge in [0, 0.05) is 43.2 Å². The number of benzene rings is 2. The van der Waals surface area contributed by atoms with E-state index in [0.29, 0.717) is 18.4 Å². The second kappa shape index (κ2) is 10.6. The molecule has 2 aliphatic rings. The molecule has 8 heteroatoms. The number of hydrogen-bond acceptors (Lipinski definition) is 7. The Morgan fingerprint density at radius 1 is 1.06 bits per heavy atom. The number of hydrogen-bond donors (Lipinski definition) is 1. The van der Waals surface area contributed by atoms with E-state index in [1.54, 1.807) is 38.1 Å². The van der Waals surface area contributed by atoms with Crippen LogP contribution in [-0.4, -0.2) is 56.9 Å². The van der Waals surface area contributed by atoms with Crippen LogP contribution in [0.15, 0.2) is 36.4 Å². The van der Waals surface area contributed by atoms with Crippen LogP contribution in [0.5, 0.6) is 17.2 Å². The molecule has 32 heavy (non-hydrogen) atoms. The van der Waals surface area contributed by atoms with Gasteiger partial charge in [-0.1, -0.05) is 0 Å². The number of nitrogens with zero attached hydrogens (tertiary/aromatic N) is 2. The van der Waals surface area contributed by atoms with E-state index in [9.17, 15) is 4.39 Å². The van der Waals surface area contributed by atoms with Crippen LogP contribution >= 0.6 is 11.8 Å². The molecular formula is C24H32FN3O3S. The molecule has 0 bridgehead atoms. The second-order valence-corrected chi connectivity index (χ2v) is 9.28. The fourth-order valence-electron chi connectivity index (χ4n) is 4.49. The molecule has 0 aliphatic carbocycles. The van der Waals surface area contributed by atoms with E-state index < -0.39 is 0 Å². The number of anilines is 1. The molecule has 0 radical (unpaired) electrons. The molecule has 0 saturated carbocycles. The normalized spacial score (nSPS) is 19.5. The maximum Gasteiger partial charge on any atom is 0.162 e. The summed E-state index contributed by atoms with van der Waals surface area (Å²) in [7, 11) is 3.34. The molecular weight excluding hydrogens is 429 g/mol. The molecule has 0 aromatic heterocycles. The highest BCUT2D eigenvalue weighted by Gasteiger charge is 2.33. The Morgan fingerprint density at radius 2 is 1.75 bits per heavy atom. The standard InChI is InChI=1S/C24H32FN3O3S/c1-29-22-14-17-16-32-24(26)28(21(17)15-23(22)30-2)19-8-11-27(12-9-19)10-3-13-31-20-6-4-18(25)5-7-20/h4-7,14-15,19,24H,3,8-13,16,26H2,1-2H3. The van der Waals surface area contributed by atoms with Crippen LogP contribution in [0.25, 0.3) is 0 Å². The van der Waals surface area contributed by atoms with Gasteiger partial charge in [-0.15, -0.1) is 11.8 Å². The minimum atomic E-state index is -0.243. The van der Waals surface area contributed by atoms with Crippen molar-refractivity contribution in [3.8, 4) is 17.2 Å². The van der Waals surface area contributed by atoms with Gasteiger partial charge in [-0.2, -0.15) is 0 Å². The lowest BCUT2D eigenvalue weighted by molar-refractivity contribution is 0.190. The Balaban J connectivity index is 1.30. The van der Waals surface area contributed by atoms with Crippen LogP contribution in [0, 0.1) is 5.82 Å². The maximum absolute atomic E-state index is 13.0. The van der Waals surface area contributed by atoms with Gasteiger partial charge >= 0.3 is 0 Å². The molecule has 174 valence electrons. The number of halogens is 1. The summed E-state index contributed by atoms with van der Waals surface area (Å²) in [6, 6.07) is 10.7. The molecule has 2 aromatic rings. The smallest absolute Gasteiger partial charge is 0.162 e. The van der Waals surface area contributed by atoms with Crippen LogP contribution in [0.3, 0.4) is 0 Å². The highest BCUT2D eigenvalue weighted by Crippen LogP contribution is 2.43. The third-order valence-corrected chi connectivity index (χ3v) is 7.24. The first-order chi connectivity index (χ1) is 15.6. The van der Waals surface area contributed by atoms with E-state index in [1.807, 2.05) is 0 Å². The zero-order valence-electron chi connectivity index (χ0n) is 18.8. The van der Waals surface area contributed by atoms with Gasteiger partial charge < -0.3 is 29.7 Å². The number of likely N-dealkylation sites (tertiary alicyclic amines) is 1. The fraction of sp³-hybridized carbons (Fsp3) is 0.500. The Kier molecular flexibility index (Phi) is 7.65. The number of methoxy groups -OCH3 is 2. The molecule has 1 saturated heterocycles. The van der Waals surface area contributed by atoms with Crippen LogP contribution in [0.1, 0.15) is 24.8 Å². The molecule has 6 nitrogen and oxygen atoms in total. The summed E-state index contributed by atoms with van der Waals surface area (Å²) in [6.07, 6.45) is 3.09. The van der Waals surface area contributed by atoms with E-state index in [4.69, 9.17) is 19.9 Å². The molecule has 2 aromatic carbocycles. The van der Waals surface area contributed by atoms with Gasteiger partial charge in [0.05, 0.1) is 20.8 Å². The van der Waals surface area contributed by atoms with Crippen molar-refractivity contribution in [2.45, 2.75) is 36.6 Å². The first-order valence-corrected chi connectivity index (χ1v) is 12.1. The van der Waals surface area contributed by atoms with E-state index >= 15 is 0 Å². The highest BCUT2D eigenvalue weighted by atomic mass is 32.2. The molecule has 2 aliphatic heterocycles. The van der Waals surface area contributed by atoms with E-state index in [2.05, 4.69) is 21.9 Å². The lowest BCUT2D eigenvalue weighted by Gasteiger charge is -2.45. The first-order valence-electron chi connectivity index (χ1n) is 11.1. The monoisotopic (exact) mass is 461 g/mol. The van der Waals surface area contributed by atoms with Gasteiger partial charge in [-0.3, -0.25) is 0 Å². The highest BCUT2D eigenvalue weighted by molar-refractivity contribution is 7.99. The molecule has 2 heterocycles. The van der Waals surface area contributed by atoms with Gasteiger partial charge in [-0.25, -0.2) is 4.39 Å². The van der Waals surface area contributed by atoms with Gasteiger partial charge in [0.15, 0.2) is 11.5 Å².